The third-order valence-corrected chi connectivity index (χ3v) is 3.01. The molecule has 106 valence electrons. The van der Waals surface area contributed by atoms with Gasteiger partial charge in [0.15, 0.2) is 0 Å². The van der Waals surface area contributed by atoms with Crippen LogP contribution < -0.4 is 5.32 Å². The van der Waals surface area contributed by atoms with Crippen molar-refractivity contribution in [3.63, 3.8) is 0 Å². The highest BCUT2D eigenvalue weighted by Crippen LogP contribution is 2.08. The minimum atomic E-state index is -3.80. The number of hydrogen-bond acceptors (Lipinski definition) is 5. The van der Waals surface area contributed by atoms with Gasteiger partial charge < -0.3 is 5.32 Å². The Morgan fingerprint density at radius 2 is 1.68 bits per heavy atom. The minimum absolute atomic E-state index is 0.164. The molecule has 0 fully saturated rings. The molecule has 0 aliphatic rings. The molecule has 1 aromatic rings. The average molecular weight is 287 g/mol. The maximum atomic E-state index is 10.4. The van der Waals surface area contributed by atoms with Crippen LogP contribution in [0.3, 0.4) is 0 Å². The van der Waals surface area contributed by atoms with Crippen LogP contribution in [0, 0.1) is 6.92 Å². The third-order valence-electron chi connectivity index (χ3n) is 2.21. The van der Waals surface area contributed by atoms with E-state index in [0.29, 0.717) is 19.4 Å². The van der Waals surface area contributed by atoms with Gasteiger partial charge in [0.2, 0.25) is 0 Å². The molecule has 0 aromatic heterocycles. The van der Waals surface area contributed by atoms with Gasteiger partial charge in [-0.25, -0.2) is 0 Å². The van der Waals surface area contributed by atoms with Gasteiger partial charge in [-0.15, -0.1) is 0 Å². The Labute approximate surface area is 112 Å². The Morgan fingerprint density at radius 1 is 1.16 bits per heavy atom. The van der Waals surface area contributed by atoms with Crippen molar-refractivity contribution in [1.29, 1.82) is 0 Å². The van der Waals surface area contributed by atoms with E-state index in [4.69, 9.17) is 14.1 Å². The zero-order valence-corrected chi connectivity index (χ0v) is 11.4. The molecule has 0 amide bonds. The summed E-state index contributed by atoms with van der Waals surface area (Å²) in [6.07, 6.45) is 1.44. The van der Waals surface area contributed by atoms with Crippen LogP contribution in [0.25, 0.3) is 0 Å². The molecule has 0 spiro atoms. The SMILES string of the molecule is Cc1ccc(NCCCCS(=O)(=O)O)cc1.O=C=O. The second kappa shape index (κ2) is 9.27. The summed E-state index contributed by atoms with van der Waals surface area (Å²) in [6.45, 7) is 2.73. The number of aryl methyl sites for hydroxylation is 1. The van der Waals surface area contributed by atoms with Gasteiger partial charge in [0.25, 0.3) is 10.1 Å². The smallest absolute Gasteiger partial charge is 0.373 e. The van der Waals surface area contributed by atoms with Crippen molar-refractivity contribution >= 4 is 22.0 Å². The lowest BCUT2D eigenvalue weighted by Crippen LogP contribution is -2.07. The first-order valence-corrected chi connectivity index (χ1v) is 7.25. The molecule has 7 heteroatoms. The standard InChI is InChI=1S/C11H17NO3S.CO2/c1-10-4-6-11(7-5-10)12-8-2-3-9-16(13,14)15;2-1-3/h4-7,12H,2-3,8-9H2,1H3,(H,13,14,15);. The molecule has 1 rings (SSSR count). The summed E-state index contributed by atoms with van der Waals surface area (Å²) in [5.74, 6) is -0.164. The van der Waals surface area contributed by atoms with E-state index in [9.17, 15) is 8.42 Å². The van der Waals surface area contributed by atoms with Gasteiger partial charge in [-0.3, -0.25) is 4.55 Å². The Hall–Kier alpha value is -1.69. The molecule has 0 atom stereocenters. The lowest BCUT2D eigenvalue weighted by Gasteiger charge is -2.05. The molecule has 2 N–H and O–H groups in total. The molecule has 0 radical (unpaired) electrons. The van der Waals surface area contributed by atoms with E-state index in [0.717, 1.165) is 5.69 Å². The van der Waals surface area contributed by atoms with Gasteiger partial charge in [-0.05, 0) is 31.9 Å². The molecule has 1 aromatic carbocycles. The predicted octanol–water partition coefficient (Wildman–Crippen LogP) is 1.49. The van der Waals surface area contributed by atoms with Gasteiger partial charge in [0, 0.05) is 12.2 Å². The van der Waals surface area contributed by atoms with Crippen molar-refractivity contribution in [1.82, 2.24) is 0 Å². The zero-order valence-electron chi connectivity index (χ0n) is 10.6. The number of nitrogens with one attached hydrogen (secondary N) is 1. The average Bonchev–Trinajstić information content (AvgIpc) is 2.31. The van der Waals surface area contributed by atoms with Crippen molar-refractivity contribution in [2.45, 2.75) is 19.8 Å². The molecule has 0 saturated heterocycles. The fourth-order valence-electron chi connectivity index (χ4n) is 1.31. The number of unbranched alkanes of at least 4 members (excludes halogenated alkanes) is 1. The number of hydrogen-bond donors (Lipinski definition) is 2. The highest BCUT2D eigenvalue weighted by molar-refractivity contribution is 7.85. The van der Waals surface area contributed by atoms with Crippen LogP contribution >= 0.6 is 0 Å². The van der Waals surface area contributed by atoms with E-state index in [1.807, 2.05) is 31.2 Å². The van der Waals surface area contributed by atoms with Crippen molar-refractivity contribution in [3.05, 3.63) is 29.8 Å². The number of carbonyl (C=O) groups excluding carboxylic acids is 2. The van der Waals surface area contributed by atoms with Crippen LogP contribution in [0.1, 0.15) is 18.4 Å². The molecule has 0 saturated carbocycles. The van der Waals surface area contributed by atoms with E-state index in [1.54, 1.807) is 0 Å². The second-order valence-corrected chi connectivity index (χ2v) is 5.44. The first-order chi connectivity index (χ1) is 8.89. The van der Waals surface area contributed by atoms with Crippen LogP contribution in [0.5, 0.6) is 0 Å². The van der Waals surface area contributed by atoms with E-state index in [2.05, 4.69) is 5.32 Å². The second-order valence-electron chi connectivity index (χ2n) is 3.87. The molecule has 0 heterocycles. The zero-order chi connectivity index (χ0) is 14.7. The number of rotatable bonds is 6. The van der Waals surface area contributed by atoms with Crippen molar-refractivity contribution in [2.75, 3.05) is 17.6 Å². The van der Waals surface area contributed by atoms with Crippen LogP contribution in [0.4, 0.5) is 5.69 Å². The largest absolute Gasteiger partial charge is 0.385 e. The van der Waals surface area contributed by atoms with Crippen molar-refractivity contribution < 1.29 is 22.6 Å². The van der Waals surface area contributed by atoms with E-state index in [-0.39, 0.29) is 11.9 Å². The lowest BCUT2D eigenvalue weighted by atomic mass is 10.2. The summed E-state index contributed by atoms with van der Waals surface area (Å²) in [6, 6.07) is 8.00. The summed E-state index contributed by atoms with van der Waals surface area (Å²) >= 11 is 0. The summed E-state index contributed by atoms with van der Waals surface area (Å²) in [4.78, 5) is 16.2. The quantitative estimate of drug-likeness (QED) is 0.607. The number of anilines is 1. The van der Waals surface area contributed by atoms with Crippen molar-refractivity contribution in [3.8, 4) is 0 Å². The Kier molecular flexibility index (Phi) is 8.44. The monoisotopic (exact) mass is 287 g/mol. The fourth-order valence-corrected chi connectivity index (χ4v) is 1.88. The fraction of sp³-hybridized carbons (Fsp3) is 0.417. The topological polar surface area (TPSA) is 101 Å². The van der Waals surface area contributed by atoms with Crippen LogP contribution in [0.15, 0.2) is 24.3 Å². The molecule has 0 bridgehead atoms. The summed E-state index contributed by atoms with van der Waals surface area (Å²) in [7, 11) is -3.80. The summed E-state index contributed by atoms with van der Waals surface area (Å²) < 4.78 is 29.4. The van der Waals surface area contributed by atoms with Gasteiger partial charge >= 0.3 is 6.15 Å². The highest BCUT2D eigenvalue weighted by Gasteiger charge is 2.02. The molecule has 0 unspecified atom stereocenters. The first kappa shape index (κ1) is 17.3. The van der Waals surface area contributed by atoms with Gasteiger partial charge in [0.05, 0.1) is 5.75 Å². The molecular formula is C12H17NO5S. The van der Waals surface area contributed by atoms with Gasteiger partial charge in [0.1, 0.15) is 0 Å². The Balaban J connectivity index is 0.000000982. The normalized spacial score (nSPS) is 10.0. The summed E-state index contributed by atoms with van der Waals surface area (Å²) in [5, 5.41) is 3.18. The van der Waals surface area contributed by atoms with Crippen LogP contribution in [-0.2, 0) is 19.7 Å². The van der Waals surface area contributed by atoms with E-state index >= 15 is 0 Å². The van der Waals surface area contributed by atoms with E-state index in [1.165, 1.54) is 5.56 Å². The lowest BCUT2D eigenvalue weighted by molar-refractivity contribution is -0.191. The van der Waals surface area contributed by atoms with E-state index < -0.39 is 10.1 Å². The molecule has 6 nitrogen and oxygen atoms in total. The number of benzene rings is 1. The Morgan fingerprint density at radius 3 is 2.16 bits per heavy atom. The van der Waals surface area contributed by atoms with Gasteiger partial charge in [-0.1, -0.05) is 17.7 Å². The van der Waals surface area contributed by atoms with Crippen molar-refractivity contribution in [2.24, 2.45) is 0 Å². The highest BCUT2D eigenvalue weighted by atomic mass is 32.2. The molecular weight excluding hydrogens is 270 g/mol. The molecule has 0 aliphatic carbocycles. The molecule has 0 aliphatic heterocycles. The van der Waals surface area contributed by atoms with Crippen LogP contribution in [0.2, 0.25) is 0 Å². The molecule has 19 heavy (non-hydrogen) atoms. The maximum Gasteiger partial charge on any atom is 0.373 e. The first-order valence-electron chi connectivity index (χ1n) is 5.64. The minimum Gasteiger partial charge on any atom is -0.385 e. The third kappa shape index (κ3) is 11.1. The van der Waals surface area contributed by atoms with Crippen LogP contribution in [-0.4, -0.2) is 31.4 Å². The Bertz CT molecular complexity index is 489. The predicted molar refractivity (Wildman–Crippen MR) is 70.3 cm³/mol. The maximum absolute atomic E-state index is 10.4. The van der Waals surface area contributed by atoms with Gasteiger partial charge in [-0.2, -0.15) is 18.0 Å². The summed E-state index contributed by atoms with van der Waals surface area (Å²) in [5.41, 5.74) is 2.23.